The predicted octanol–water partition coefficient (Wildman–Crippen LogP) is 2.36. The van der Waals surface area contributed by atoms with Gasteiger partial charge in [0.2, 0.25) is 0 Å². The van der Waals surface area contributed by atoms with Crippen LogP contribution in [0.4, 0.5) is 4.39 Å². The van der Waals surface area contributed by atoms with E-state index in [0.717, 1.165) is 0 Å². The van der Waals surface area contributed by atoms with Gasteiger partial charge in [-0.2, -0.15) is 4.39 Å². The molecule has 0 aromatic heterocycles. The molecule has 0 saturated heterocycles. The molecule has 0 fully saturated rings. The molecule has 0 bridgehead atoms. The maximum Gasteiger partial charge on any atom is 0.251 e. The first-order valence-corrected chi connectivity index (χ1v) is 2.68. The molecule has 0 amide bonds. The van der Waals surface area contributed by atoms with E-state index in [1.807, 2.05) is 0 Å². The van der Waals surface area contributed by atoms with Crippen molar-refractivity contribution in [3.8, 4) is 0 Å². The van der Waals surface area contributed by atoms with Gasteiger partial charge < -0.3 is 5.11 Å². The minimum Gasteiger partial charge on any atom is -0.508 e. The zero-order valence-corrected chi connectivity index (χ0v) is 5.91. The largest absolute Gasteiger partial charge is 0.508 e. The summed E-state index contributed by atoms with van der Waals surface area (Å²) in [4.78, 5) is 3.12. The van der Waals surface area contributed by atoms with Gasteiger partial charge in [0.05, 0.1) is 0 Å². The Bertz CT molecular complexity index is 156. The second kappa shape index (κ2) is 3.45. The lowest BCUT2D eigenvalue weighted by Crippen LogP contribution is -1.80. The predicted molar refractivity (Wildman–Crippen MR) is 35.4 cm³/mol. The van der Waals surface area contributed by atoms with Gasteiger partial charge in [-0.15, -0.1) is 0 Å². The fraction of sp³-hybridized carbons (Fsp3) is 0.400. The summed E-state index contributed by atoms with van der Waals surface area (Å²) < 4.78 is 12.1. The van der Waals surface area contributed by atoms with Gasteiger partial charge in [-0.05, 0) is 13.8 Å². The molecule has 0 aliphatic heterocycles. The summed E-state index contributed by atoms with van der Waals surface area (Å²) >= 11 is 5.18. The van der Waals surface area contributed by atoms with Crippen molar-refractivity contribution < 1.29 is 9.50 Å². The van der Waals surface area contributed by atoms with Crippen LogP contribution < -0.4 is 0 Å². The van der Waals surface area contributed by atoms with Gasteiger partial charge in [0, 0.05) is 0 Å². The summed E-state index contributed by atoms with van der Waals surface area (Å²) in [7, 11) is 0. The van der Waals surface area contributed by atoms with Crippen molar-refractivity contribution in [3.05, 3.63) is 11.7 Å². The lowest BCUT2D eigenvalue weighted by molar-refractivity contribution is 0.381. The van der Waals surface area contributed by atoms with E-state index in [1.165, 1.54) is 13.8 Å². The van der Waals surface area contributed by atoms with Crippen LogP contribution in [0.15, 0.2) is 16.7 Å². The van der Waals surface area contributed by atoms with Gasteiger partial charge >= 0.3 is 0 Å². The van der Waals surface area contributed by atoms with Crippen molar-refractivity contribution in [1.82, 2.24) is 0 Å². The van der Waals surface area contributed by atoms with E-state index in [0.29, 0.717) is 0 Å². The Labute approximate surface area is 57.7 Å². The molecule has 0 rings (SSSR count). The molecule has 0 unspecified atom stereocenters. The van der Waals surface area contributed by atoms with E-state index in [2.05, 4.69) is 4.99 Å². The minimum absolute atomic E-state index is 0.0564. The van der Waals surface area contributed by atoms with Crippen LogP contribution >= 0.6 is 11.6 Å². The Kier molecular flexibility index (Phi) is 3.24. The van der Waals surface area contributed by atoms with Gasteiger partial charge in [-0.25, -0.2) is 4.99 Å². The zero-order chi connectivity index (χ0) is 7.44. The molecule has 0 atom stereocenters. The average Bonchev–Trinajstić information content (AvgIpc) is 1.63. The van der Waals surface area contributed by atoms with Crippen LogP contribution in [-0.2, 0) is 0 Å². The standard InChI is InChI=1S/C5H7ClFNO/c1-3(9)5(7)8-4(2)6/h9H,1-2H3/b5-3+,8-4+. The van der Waals surface area contributed by atoms with Crippen LogP contribution in [0.3, 0.4) is 0 Å². The van der Waals surface area contributed by atoms with Crippen molar-refractivity contribution >= 4 is 16.8 Å². The van der Waals surface area contributed by atoms with E-state index in [4.69, 9.17) is 16.7 Å². The number of aliphatic imine (C=N–C) groups is 1. The summed E-state index contributed by atoms with van der Waals surface area (Å²) in [5.41, 5.74) is 0. The van der Waals surface area contributed by atoms with Crippen molar-refractivity contribution in [2.24, 2.45) is 4.99 Å². The van der Waals surface area contributed by atoms with E-state index in [-0.39, 0.29) is 5.17 Å². The molecular formula is C5H7ClFNO. The van der Waals surface area contributed by atoms with Crippen LogP contribution in [0, 0.1) is 0 Å². The molecule has 0 aliphatic carbocycles. The van der Waals surface area contributed by atoms with Gasteiger partial charge in [-0.1, -0.05) is 11.6 Å². The summed E-state index contributed by atoms with van der Waals surface area (Å²) in [5.74, 6) is -1.41. The summed E-state index contributed by atoms with van der Waals surface area (Å²) in [6.45, 7) is 2.61. The second-order valence-corrected chi connectivity index (χ2v) is 2.03. The van der Waals surface area contributed by atoms with Crippen molar-refractivity contribution in [3.63, 3.8) is 0 Å². The third-order valence-corrected chi connectivity index (χ3v) is 0.635. The number of aliphatic hydroxyl groups excluding tert-OH is 1. The molecule has 52 valence electrons. The van der Waals surface area contributed by atoms with Gasteiger partial charge in [-0.3, -0.25) is 0 Å². The number of hydrogen-bond acceptors (Lipinski definition) is 2. The number of allylic oxidation sites excluding steroid dienone is 1. The molecule has 1 N–H and O–H groups in total. The maximum atomic E-state index is 12.1. The highest BCUT2D eigenvalue weighted by Gasteiger charge is 1.95. The molecule has 4 heteroatoms. The van der Waals surface area contributed by atoms with Gasteiger partial charge in [0.25, 0.3) is 5.95 Å². The Morgan fingerprint density at radius 2 is 2.00 bits per heavy atom. The first-order valence-electron chi connectivity index (χ1n) is 2.30. The van der Waals surface area contributed by atoms with E-state index in [9.17, 15) is 4.39 Å². The molecule has 0 aromatic carbocycles. The Morgan fingerprint density at radius 3 is 2.11 bits per heavy atom. The first kappa shape index (κ1) is 8.43. The number of nitrogens with zero attached hydrogens (tertiary/aromatic N) is 1. The van der Waals surface area contributed by atoms with Crippen LogP contribution in [0.1, 0.15) is 13.8 Å². The second-order valence-electron chi connectivity index (χ2n) is 1.49. The summed E-state index contributed by atoms with van der Waals surface area (Å²) in [6.07, 6.45) is 0. The fourth-order valence-corrected chi connectivity index (χ4v) is 0.290. The fourth-order valence-electron chi connectivity index (χ4n) is 0.216. The third-order valence-electron chi connectivity index (χ3n) is 0.551. The van der Waals surface area contributed by atoms with Gasteiger partial charge in [0.1, 0.15) is 10.9 Å². The van der Waals surface area contributed by atoms with Crippen molar-refractivity contribution in [2.45, 2.75) is 13.8 Å². The number of rotatable bonds is 1. The number of halogens is 2. The van der Waals surface area contributed by atoms with Crippen LogP contribution in [0.5, 0.6) is 0 Å². The quantitative estimate of drug-likeness (QED) is 0.348. The highest BCUT2D eigenvalue weighted by molar-refractivity contribution is 6.64. The SMILES string of the molecule is C/C(O)=C(F)\N=C(/C)Cl. The molecule has 0 heterocycles. The molecule has 0 spiro atoms. The molecule has 9 heavy (non-hydrogen) atoms. The maximum absolute atomic E-state index is 12.1. The number of hydrogen-bond donors (Lipinski definition) is 1. The molecule has 0 aliphatic rings. The molecule has 0 saturated carbocycles. The Hall–Kier alpha value is -0.570. The molecule has 2 nitrogen and oxygen atoms in total. The highest BCUT2D eigenvalue weighted by atomic mass is 35.5. The number of aliphatic hydroxyl groups is 1. The van der Waals surface area contributed by atoms with Crippen LogP contribution in [-0.4, -0.2) is 10.3 Å². The average molecular weight is 152 g/mol. The first-order chi connectivity index (χ1) is 4.04. The van der Waals surface area contributed by atoms with E-state index < -0.39 is 11.7 Å². The smallest absolute Gasteiger partial charge is 0.251 e. The van der Waals surface area contributed by atoms with E-state index >= 15 is 0 Å². The molecular weight excluding hydrogens is 145 g/mol. The summed E-state index contributed by atoms with van der Waals surface area (Å²) in [5, 5.41) is 8.47. The molecule has 0 aromatic rings. The topological polar surface area (TPSA) is 32.6 Å². The molecule has 0 radical (unpaired) electrons. The van der Waals surface area contributed by atoms with Crippen LogP contribution in [0.25, 0.3) is 0 Å². The Balaban J connectivity index is 4.25. The van der Waals surface area contributed by atoms with Gasteiger partial charge in [0.15, 0.2) is 0 Å². The Morgan fingerprint density at radius 1 is 1.56 bits per heavy atom. The normalized spacial score (nSPS) is 15.3. The third kappa shape index (κ3) is 3.97. The lowest BCUT2D eigenvalue weighted by atomic mass is 10.6. The summed E-state index contributed by atoms with van der Waals surface area (Å²) in [6, 6.07) is 0. The minimum atomic E-state index is -0.942. The van der Waals surface area contributed by atoms with Crippen molar-refractivity contribution in [2.75, 3.05) is 0 Å². The zero-order valence-electron chi connectivity index (χ0n) is 5.15. The lowest BCUT2D eigenvalue weighted by Gasteiger charge is -1.88. The monoisotopic (exact) mass is 151 g/mol. The van der Waals surface area contributed by atoms with E-state index in [1.54, 1.807) is 0 Å². The van der Waals surface area contributed by atoms with Crippen molar-refractivity contribution in [1.29, 1.82) is 0 Å². The highest BCUT2D eigenvalue weighted by Crippen LogP contribution is 2.04. The van der Waals surface area contributed by atoms with Crippen LogP contribution in [0.2, 0.25) is 0 Å².